The van der Waals surface area contributed by atoms with Crippen molar-refractivity contribution in [2.45, 2.75) is 38.4 Å². The van der Waals surface area contributed by atoms with E-state index < -0.39 is 12.2 Å². The fourth-order valence-corrected chi connectivity index (χ4v) is 3.25. The molecule has 1 unspecified atom stereocenters. The molecule has 1 heterocycles. The van der Waals surface area contributed by atoms with Crippen LogP contribution in [0.4, 0.5) is 13.2 Å². The molecule has 1 fully saturated rings. The average molecular weight is 336 g/mol. The van der Waals surface area contributed by atoms with Crippen LogP contribution >= 0.6 is 0 Å². The van der Waals surface area contributed by atoms with E-state index >= 15 is 0 Å². The van der Waals surface area contributed by atoms with Crippen molar-refractivity contribution >= 4 is 16.7 Å². The Hall–Kier alpha value is -2.08. The van der Waals surface area contributed by atoms with Crippen LogP contribution in [0.3, 0.4) is 0 Å². The lowest BCUT2D eigenvalue weighted by atomic mass is 9.96. The van der Waals surface area contributed by atoms with Gasteiger partial charge < -0.3 is 0 Å². The van der Waals surface area contributed by atoms with Crippen LogP contribution in [0.2, 0.25) is 0 Å². The summed E-state index contributed by atoms with van der Waals surface area (Å²) in [6.45, 7) is 2.10. The van der Waals surface area contributed by atoms with E-state index in [1.807, 2.05) is 25.1 Å². The zero-order chi connectivity index (χ0) is 17.3. The topological polar surface area (TPSA) is 32.3 Å². The van der Waals surface area contributed by atoms with Crippen molar-refractivity contribution in [3.05, 3.63) is 47.5 Å². The number of hydrazine groups is 1. The van der Waals surface area contributed by atoms with Gasteiger partial charge in [-0.1, -0.05) is 43.7 Å². The molecule has 0 radical (unpaired) electrons. The van der Waals surface area contributed by atoms with Crippen LogP contribution in [0.25, 0.3) is 10.8 Å². The van der Waals surface area contributed by atoms with Gasteiger partial charge >= 0.3 is 6.18 Å². The maximum atomic E-state index is 13.6. The predicted molar refractivity (Wildman–Crippen MR) is 86.2 cm³/mol. The van der Waals surface area contributed by atoms with E-state index in [4.69, 9.17) is 0 Å². The molecule has 0 saturated carbocycles. The smallest absolute Gasteiger partial charge is 0.288 e. The van der Waals surface area contributed by atoms with E-state index in [-0.39, 0.29) is 24.4 Å². The minimum atomic E-state index is -4.47. The molecule has 6 heteroatoms. The molecule has 0 aliphatic carbocycles. The molecule has 0 aromatic heterocycles. The number of aryl methyl sites for hydroxylation is 1. The van der Waals surface area contributed by atoms with Gasteiger partial charge in [-0.2, -0.15) is 13.2 Å². The molecule has 128 valence electrons. The number of hydrogen-bond donors (Lipinski definition) is 1. The van der Waals surface area contributed by atoms with E-state index in [0.717, 1.165) is 34.2 Å². The monoisotopic (exact) mass is 336 g/mol. The first-order valence-electron chi connectivity index (χ1n) is 8.04. The van der Waals surface area contributed by atoms with Crippen LogP contribution in [-0.2, 0) is 11.2 Å². The van der Waals surface area contributed by atoms with E-state index in [0.29, 0.717) is 0 Å². The SMILES string of the molecule is CCCc1cccc2ccc(C(N3CCC(=O)N3)C(F)(F)F)cc12. The number of halogens is 3. The van der Waals surface area contributed by atoms with Crippen molar-refractivity contribution in [1.29, 1.82) is 0 Å². The number of alkyl halides is 3. The standard InChI is InChI=1S/C18H19F3N2O/c1-2-4-12-5-3-6-13-7-8-14(11-15(12)13)17(18(19,20)21)23-10-9-16(24)22-23/h3,5-8,11,17H,2,4,9-10H2,1H3,(H,22,24). The van der Waals surface area contributed by atoms with Crippen LogP contribution in [0.1, 0.15) is 36.9 Å². The third kappa shape index (κ3) is 3.24. The van der Waals surface area contributed by atoms with Crippen molar-refractivity contribution in [2.75, 3.05) is 6.54 Å². The fraction of sp³-hybridized carbons (Fsp3) is 0.389. The largest absolute Gasteiger partial charge is 0.409 e. The first-order valence-corrected chi connectivity index (χ1v) is 8.04. The third-order valence-electron chi connectivity index (χ3n) is 4.30. The first kappa shape index (κ1) is 16.8. The molecule has 1 saturated heterocycles. The lowest BCUT2D eigenvalue weighted by molar-refractivity contribution is -0.191. The number of fused-ring (bicyclic) bond motifs is 1. The van der Waals surface area contributed by atoms with Crippen molar-refractivity contribution in [1.82, 2.24) is 10.4 Å². The van der Waals surface area contributed by atoms with Gasteiger partial charge in [0, 0.05) is 13.0 Å². The summed E-state index contributed by atoms with van der Waals surface area (Å²) in [5, 5.41) is 2.76. The molecule has 1 amide bonds. The number of nitrogens with one attached hydrogen (secondary N) is 1. The molecule has 1 aliphatic heterocycles. The minimum absolute atomic E-state index is 0.0532. The molecule has 0 bridgehead atoms. The maximum absolute atomic E-state index is 13.6. The van der Waals surface area contributed by atoms with Gasteiger partial charge in [0.1, 0.15) is 6.04 Å². The highest BCUT2D eigenvalue weighted by Gasteiger charge is 2.46. The fourth-order valence-electron chi connectivity index (χ4n) is 3.25. The van der Waals surface area contributed by atoms with Crippen molar-refractivity contribution in [3.8, 4) is 0 Å². The summed E-state index contributed by atoms with van der Waals surface area (Å²) in [6, 6.07) is 8.79. The minimum Gasteiger partial charge on any atom is -0.288 e. The third-order valence-corrected chi connectivity index (χ3v) is 4.30. The molecule has 1 N–H and O–H groups in total. The van der Waals surface area contributed by atoms with Gasteiger partial charge in [0.05, 0.1) is 0 Å². The van der Waals surface area contributed by atoms with Crippen LogP contribution in [0.15, 0.2) is 36.4 Å². The van der Waals surface area contributed by atoms with E-state index in [2.05, 4.69) is 5.43 Å². The number of rotatable bonds is 4. The van der Waals surface area contributed by atoms with Gasteiger partial charge in [-0.15, -0.1) is 0 Å². The molecule has 2 aromatic rings. The number of nitrogens with zero attached hydrogens (tertiary/aromatic N) is 1. The average Bonchev–Trinajstić information content (AvgIpc) is 2.93. The molecule has 3 rings (SSSR count). The van der Waals surface area contributed by atoms with E-state index in [1.54, 1.807) is 12.1 Å². The summed E-state index contributed by atoms with van der Waals surface area (Å²) >= 11 is 0. The normalized spacial score (nSPS) is 17.2. The highest BCUT2D eigenvalue weighted by molar-refractivity contribution is 5.86. The molecular formula is C18H19F3N2O. The Balaban J connectivity index is 2.07. The van der Waals surface area contributed by atoms with Gasteiger partial charge in [-0.25, -0.2) is 5.01 Å². The molecule has 1 aliphatic rings. The number of hydrogen-bond acceptors (Lipinski definition) is 2. The highest BCUT2D eigenvalue weighted by atomic mass is 19.4. The molecule has 3 nitrogen and oxygen atoms in total. The van der Waals surface area contributed by atoms with Gasteiger partial charge in [0.15, 0.2) is 0 Å². The number of amides is 1. The molecule has 2 aromatic carbocycles. The second-order valence-corrected chi connectivity index (χ2v) is 6.07. The number of carbonyl (C=O) groups excluding carboxylic acids is 1. The summed E-state index contributed by atoms with van der Waals surface area (Å²) in [6.07, 6.45) is -2.64. The molecule has 24 heavy (non-hydrogen) atoms. The Morgan fingerprint density at radius 2 is 2.04 bits per heavy atom. The summed E-state index contributed by atoms with van der Waals surface area (Å²) in [5.41, 5.74) is 3.52. The van der Waals surface area contributed by atoms with Gasteiger partial charge in [-0.3, -0.25) is 10.2 Å². The summed E-state index contributed by atoms with van der Waals surface area (Å²) < 4.78 is 40.9. The Morgan fingerprint density at radius 1 is 1.25 bits per heavy atom. The zero-order valence-corrected chi connectivity index (χ0v) is 13.4. The molecule has 1 atom stereocenters. The van der Waals surface area contributed by atoms with Gasteiger partial charge in [0.25, 0.3) is 0 Å². The lowest BCUT2D eigenvalue weighted by Crippen LogP contribution is -2.43. The number of benzene rings is 2. The quantitative estimate of drug-likeness (QED) is 0.910. The molecular weight excluding hydrogens is 317 g/mol. The van der Waals surface area contributed by atoms with Gasteiger partial charge in [0.2, 0.25) is 5.91 Å². The van der Waals surface area contributed by atoms with E-state index in [9.17, 15) is 18.0 Å². The van der Waals surface area contributed by atoms with Crippen molar-refractivity contribution < 1.29 is 18.0 Å². The zero-order valence-electron chi connectivity index (χ0n) is 13.4. The van der Waals surface area contributed by atoms with E-state index in [1.165, 1.54) is 6.07 Å². The number of carbonyl (C=O) groups is 1. The summed E-state index contributed by atoms with van der Waals surface area (Å²) in [7, 11) is 0. The summed E-state index contributed by atoms with van der Waals surface area (Å²) in [5.74, 6) is -0.378. The second-order valence-electron chi connectivity index (χ2n) is 6.07. The van der Waals surface area contributed by atoms with Crippen LogP contribution < -0.4 is 5.43 Å². The Labute approximate surface area is 138 Å². The first-order chi connectivity index (χ1) is 11.4. The van der Waals surface area contributed by atoms with Crippen LogP contribution in [0.5, 0.6) is 0 Å². The van der Waals surface area contributed by atoms with Crippen LogP contribution in [0, 0.1) is 0 Å². The highest BCUT2D eigenvalue weighted by Crippen LogP contribution is 2.39. The Morgan fingerprint density at radius 3 is 2.67 bits per heavy atom. The molecule has 0 spiro atoms. The van der Waals surface area contributed by atoms with Crippen molar-refractivity contribution in [2.24, 2.45) is 0 Å². The lowest BCUT2D eigenvalue weighted by Gasteiger charge is -2.29. The summed E-state index contributed by atoms with van der Waals surface area (Å²) in [4.78, 5) is 11.3. The van der Waals surface area contributed by atoms with Crippen molar-refractivity contribution in [3.63, 3.8) is 0 Å². The predicted octanol–water partition coefficient (Wildman–Crippen LogP) is 4.13. The van der Waals surface area contributed by atoms with Crippen LogP contribution in [-0.4, -0.2) is 23.6 Å². The Kier molecular flexibility index (Phi) is 4.49. The van der Waals surface area contributed by atoms with Gasteiger partial charge in [-0.05, 0) is 34.4 Å². The second kappa shape index (κ2) is 6.43. The Bertz CT molecular complexity index is 758. The maximum Gasteiger partial charge on any atom is 0.409 e.